The third kappa shape index (κ3) is 2.67. The topological polar surface area (TPSA) is 55.3 Å². The van der Waals surface area contributed by atoms with Crippen LogP contribution in [-0.2, 0) is 5.41 Å². The molecule has 34 heavy (non-hydrogen) atoms. The summed E-state index contributed by atoms with van der Waals surface area (Å²) in [7, 11) is 0. The molecule has 1 aliphatic rings. The highest BCUT2D eigenvalue weighted by Gasteiger charge is 2.38. The second-order valence-electron chi connectivity index (χ2n) is 9.16. The summed E-state index contributed by atoms with van der Waals surface area (Å²) in [5, 5.41) is 0. The number of nitrogens with zero attached hydrogens (tertiary/aromatic N) is 3. The highest BCUT2D eigenvalue weighted by atomic mass is 16.4. The summed E-state index contributed by atoms with van der Waals surface area (Å²) in [6, 6.07) is 31.1. The molecule has 0 atom stereocenters. The molecule has 7 rings (SSSR count). The second kappa shape index (κ2) is 6.81. The maximum atomic E-state index is 6.35. The first-order valence-electron chi connectivity index (χ1n) is 11.4. The number of rotatable bonds is 2. The van der Waals surface area contributed by atoms with Crippen molar-refractivity contribution in [1.82, 2.24) is 9.97 Å². The summed E-state index contributed by atoms with van der Waals surface area (Å²) in [6.45, 7) is 4.52. The molecule has 0 radical (unpaired) electrons. The Balaban J connectivity index is 1.40. The molecule has 3 heterocycles. The molecule has 5 nitrogen and oxygen atoms in total. The van der Waals surface area contributed by atoms with Gasteiger partial charge in [-0.15, -0.1) is 0 Å². The number of anilines is 3. The number of aromatic nitrogens is 2. The largest absolute Gasteiger partial charge is 0.436 e. The van der Waals surface area contributed by atoms with Crippen LogP contribution in [-0.4, -0.2) is 9.97 Å². The van der Waals surface area contributed by atoms with Crippen LogP contribution in [0.25, 0.3) is 33.7 Å². The van der Waals surface area contributed by atoms with Crippen molar-refractivity contribution in [3.63, 3.8) is 0 Å². The van der Waals surface area contributed by atoms with E-state index in [1.54, 1.807) is 0 Å². The molecule has 4 aromatic carbocycles. The standard InChI is InChI=1S/C29H21N3O2/c1-29(2)19-12-6-8-14-23(19)32(24-15-9-7-13-20(24)29)28-31-22-17-25-21(16-26(22)34-28)30-27(33-25)18-10-4-3-5-11-18/h3-17H,1-2H3. The van der Waals surface area contributed by atoms with Crippen molar-refractivity contribution in [2.45, 2.75) is 19.3 Å². The summed E-state index contributed by atoms with van der Waals surface area (Å²) in [5.41, 5.74) is 8.27. The zero-order chi connectivity index (χ0) is 22.9. The third-order valence-electron chi connectivity index (χ3n) is 6.74. The predicted octanol–water partition coefficient (Wildman–Crippen LogP) is 7.75. The van der Waals surface area contributed by atoms with Gasteiger partial charge in [0, 0.05) is 23.1 Å². The Bertz CT molecular complexity index is 1590. The lowest BCUT2D eigenvalue weighted by molar-refractivity contribution is 0.590. The maximum absolute atomic E-state index is 6.35. The molecule has 0 bridgehead atoms. The minimum absolute atomic E-state index is 0.132. The third-order valence-corrected chi connectivity index (χ3v) is 6.74. The van der Waals surface area contributed by atoms with Crippen molar-refractivity contribution in [2.75, 3.05) is 4.90 Å². The van der Waals surface area contributed by atoms with Crippen molar-refractivity contribution in [2.24, 2.45) is 0 Å². The summed E-state index contributed by atoms with van der Waals surface area (Å²) in [5.74, 6) is 0.588. The molecule has 6 aromatic rings. The lowest BCUT2D eigenvalue weighted by atomic mass is 9.74. The Kier molecular flexibility index (Phi) is 3.83. The number of benzene rings is 4. The van der Waals surface area contributed by atoms with Gasteiger partial charge in [-0.1, -0.05) is 68.4 Å². The van der Waals surface area contributed by atoms with Gasteiger partial charge in [0.25, 0.3) is 0 Å². The van der Waals surface area contributed by atoms with Gasteiger partial charge in [0.05, 0.1) is 11.4 Å². The molecule has 0 fully saturated rings. The highest BCUT2D eigenvalue weighted by molar-refractivity contribution is 5.92. The Labute approximate surface area is 196 Å². The quantitative estimate of drug-likeness (QED) is 0.274. The first-order valence-corrected chi connectivity index (χ1v) is 11.4. The molecular weight excluding hydrogens is 422 g/mol. The van der Waals surface area contributed by atoms with Gasteiger partial charge in [-0.3, -0.25) is 4.90 Å². The minimum Gasteiger partial charge on any atom is -0.436 e. The van der Waals surface area contributed by atoms with Crippen LogP contribution in [0.2, 0.25) is 0 Å². The number of para-hydroxylation sites is 2. The van der Waals surface area contributed by atoms with Crippen LogP contribution in [0.3, 0.4) is 0 Å². The molecule has 0 spiro atoms. The smallest absolute Gasteiger partial charge is 0.307 e. The van der Waals surface area contributed by atoms with Crippen LogP contribution in [0, 0.1) is 0 Å². The fourth-order valence-electron chi connectivity index (χ4n) is 5.01. The van der Waals surface area contributed by atoms with Gasteiger partial charge in [0.1, 0.15) is 11.0 Å². The van der Waals surface area contributed by atoms with Crippen molar-refractivity contribution in [3.8, 4) is 11.5 Å². The fourth-order valence-corrected chi connectivity index (χ4v) is 5.01. The average molecular weight is 444 g/mol. The van der Waals surface area contributed by atoms with Gasteiger partial charge in [-0.05, 0) is 35.4 Å². The Hall–Kier alpha value is -4.38. The van der Waals surface area contributed by atoms with Gasteiger partial charge >= 0.3 is 6.01 Å². The Morgan fingerprint density at radius 1 is 0.647 bits per heavy atom. The van der Waals surface area contributed by atoms with Gasteiger partial charge in [0.2, 0.25) is 5.89 Å². The van der Waals surface area contributed by atoms with Gasteiger partial charge in [0.15, 0.2) is 11.2 Å². The summed E-state index contributed by atoms with van der Waals surface area (Å²) in [6.07, 6.45) is 0. The van der Waals surface area contributed by atoms with Crippen molar-refractivity contribution < 1.29 is 8.83 Å². The molecule has 0 saturated carbocycles. The highest BCUT2D eigenvalue weighted by Crippen LogP contribution is 2.51. The lowest BCUT2D eigenvalue weighted by Gasteiger charge is -2.40. The zero-order valence-electron chi connectivity index (χ0n) is 18.8. The monoisotopic (exact) mass is 443 g/mol. The van der Waals surface area contributed by atoms with Crippen molar-refractivity contribution in [1.29, 1.82) is 0 Å². The number of fused-ring (bicyclic) bond motifs is 4. The lowest BCUT2D eigenvalue weighted by Crippen LogP contribution is -2.30. The van der Waals surface area contributed by atoms with Crippen molar-refractivity contribution >= 4 is 39.6 Å². The van der Waals surface area contributed by atoms with Crippen LogP contribution in [0.5, 0.6) is 0 Å². The number of hydrogen-bond donors (Lipinski definition) is 0. The molecule has 164 valence electrons. The molecule has 0 amide bonds. The SMILES string of the molecule is CC1(C)c2ccccc2N(c2nc3cc4oc(-c5ccccc5)nc4cc3o2)c2ccccc21. The van der Waals surface area contributed by atoms with Gasteiger partial charge < -0.3 is 8.83 Å². The molecule has 0 N–H and O–H groups in total. The van der Waals surface area contributed by atoms with E-state index in [9.17, 15) is 0 Å². The first-order chi connectivity index (χ1) is 16.6. The van der Waals surface area contributed by atoms with E-state index in [0.717, 1.165) is 28.0 Å². The Morgan fingerprint density at radius 2 is 1.21 bits per heavy atom. The number of hydrogen-bond acceptors (Lipinski definition) is 5. The van der Waals surface area contributed by atoms with Gasteiger partial charge in [-0.25, -0.2) is 4.98 Å². The summed E-state index contributed by atoms with van der Waals surface area (Å²) >= 11 is 0. The molecule has 0 saturated heterocycles. The molecule has 1 aliphatic heterocycles. The van der Waals surface area contributed by atoms with E-state index in [2.05, 4.69) is 72.3 Å². The molecular formula is C29H21N3O2. The fraction of sp³-hybridized carbons (Fsp3) is 0.103. The van der Waals surface area contributed by atoms with E-state index < -0.39 is 0 Å². The molecule has 2 aromatic heterocycles. The maximum Gasteiger partial charge on any atom is 0.307 e. The van der Waals surface area contributed by atoms with E-state index in [1.807, 2.05) is 42.5 Å². The second-order valence-corrected chi connectivity index (χ2v) is 9.16. The van der Waals surface area contributed by atoms with E-state index in [4.69, 9.17) is 13.8 Å². The summed E-state index contributed by atoms with van der Waals surface area (Å²) in [4.78, 5) is 11.7. The van der Waals surface area contributed by atoms with Crippen LogP contribution >= 0.6 is 0 Å². The number of oxazole rings is 2. The molecule has 0 unspecified atom stereocenters. The van der Waals surface area contributed by atoms with Crippen LogP contribution in [0.4, 0.5) is 17.4 Å². The van der Waals surface area contributed by atoms with Crippen LogP contribution in [0.1, 0.15) is 25.0 Å². The normalized spacial score (nSPS) is 14.4. The minimum atomic E-state index is -0.132. The zero-order valence-corrected chi connectivity index (χ0v) is 18.8. The summed E-state index contributed by atoms with van der Waals surface area (Å²) < 4.78 is 12.4. The Morgan fingerprint density at radius 3 is 1.88 bits per heavy atom. The van der Waals surface area contributed by atoms with Crippen LogP contribution < -0.4 is 4.90 Å². The van der Waals surface area contributed by atoms with Crippen molar-refractivity contribution in [3.05, 3.63) is 102 Å². The van der Waals surface area contributed by atoms with E-state index in [0.29, 0.717) is 23.1 Å². The average Bonchev–Trinajstić information content (AvgIpc) is 3.46. The van der Waals surface area contributed by atoms with E-state index in [-0.39, 0.29) is 5.41 Å². The van der Waals surface area contributed by atoms with E-state index in [1.165, 1.54) is 11.1 Å². The molecule has 0 aliphatic carbocycles. The van der Waals surface area contributed by atoms with Gasteiger partial charge in [-0.2, -0.15) is 4.98 Å². The van der Waals surface area contributed by atoms with E-state index >= 15 is 0 Å². The predicted molar refractivity (Wildman–Crippen MR) is 134 cm³/mol. The van der Waals surface area contributed by atoms with Crippen LogP contribution in [0.15, 0.2) is 99.8 Å². The molecule has 5 heteroatoms. The first kappa shape index (κ1) is 19.1.